The molecular formula is C13H15NO4. The van der Waals surface area contributed by atoms with E-state index in [4.69, 9.17) is 9.84 Å². The molecule has 0 aliphatic heterocycles. The molecule has 2 rings (SSSR count). The van der Waals surface area contributed by atoms with Gasteiger partial charge in [-0.05, 0) is 37.1 Å². The second-order valence-corrected chi connectivity index (χ2v) is 4.29. The fourth-order valence-electron chi connectivity index (χ4n) is 1.74. The molecule has 0 unspecified atom stereocenters. The van der Waals surface area contributed by atoms with Gasteiger partial charge in [0.1, 0.15) is 12.3 Å². The summed E-state index contributed by atoms with van der Waals surface area (Å²) in [4.78, 5) is 24.2. The Morgan fingerprint density at radius 2 is 1.94 bits per heavy atom. The average molecular weight is 249 g/mol. The van der Waals surface area contributed by atoms with Crippen molar-refractivity contribution < 1.29 is 19.4 Å². The van der Waals surface area contributed by atoms with Crippen LogP contribution in [0.25, 0.3) is 0 Å². The molecule has 5 nitrogen and oxygen atoms in total. The zero-order valence-electron chi connectivity index (χ0n) is 10.1. The fourth-order valence-corrected chi connectivity index (χ4v) is 1.74. The molecule has 0 bridgehead atoms. The Morgan fingerprint density at radius 3 is 2.39 bits per heavy atom. The van der Waals surface area contributed by atoms with Gasteiger partial charge in [-0.1, -0.05) is 0 Å². The number of rotatable bonds is 5. The minimum absolute atomic E-state index is 0.00792. The van der Waals surface area contributed by atoms with Gasteiger partial charge in [-0.3, -0.25) is 9.59 Å². The molecule has 0 atom stereocenters. The number of carboxylic acids is 1. The number of hydrogen-bond acceptors (Lipinski definition) is 3. The third-order valence-electron chi connectivity index (χ3n) is 2.87. The van der Waals surface area contributed by atoms with Gasteiger partial charge in [-0.2, -0.15) is 0 Å². The minimum atomic E-state index is -1.01. The number of hydrogen-bond donors (Lipinski definition) is 1. The number of anilines is 1. The first-order valence-corrected chi connectivity index (χ1v) is 5.79. The van der Waals surface area contributed by atoms with E-state index in [9.17, 15) is 9.59 Å². The molecule has 0 spiro atoms. The van der Waals surface area contributed by atoms with Gasteiger partial charge in [-0.15, -0.1) is 0 Å². The van der Waals surface area contributed by atoms with E-state index in [-0.39, 0.29) is 18.4 Å². The topological polar surface area (TPSA) is 66.8 Å². The van der Waals surface area contributed by atoms with Crippen LogP contribution in [-0.4, -0.2) is 30.6 Å². The Bertz CT molecular complexity index is 451. The van der Waals surface area contributed by atoms with E-state index >= 15 is 0 Å². The molecule has 1 aromatic rings. The normalized spacial score (nSPS) is 14.1. The number of ether oxygens (including phenoxy) is 1. The predicted octanol–water partition coefficient (Wildman–Crippen LogP) is 1.52. The van der Waals surface area contributed by atoms with Gasteiger partial charge in [0.15, 0.2) is 0 Å². The first kappa shape index (κ1) is 12.4. The molecule has 1 amide bonds. The lowest BCUT2D eigenvalue weighted by Crippen LogP contribution is -2.36. The zero-order valence-corrected chi connectivity index (χ0v) is 10.1. The Morgan fingerprint density at radius 1 is 1.33 bits per heavy atom. The molecule has 18 heavy (non-hydrogen) atoms. The van der Waals surface area contributed by atoms with Gasteiger partial charge >= 0.3 is 5.97 Å². The van der Waals surface area contributed by atoms with Crippen LogP contribution in [-0.2, 0) is 9.59 Å². The van der Waals surface area contributed by atoms with Crippen LogP contribution in [0.3, 0.4) is 0 Å². The third-order valence-corrected chi connectivity index (χ3v) is 2.87. The number of carbonyl (C=O) groups is 2. The molecule has 0 aromatic heterocycles. The van der Waals surface area contributed by atoms with Crippen molar-refractivity contribution in [2.45, 2.75) is 12.8 Å². The summed E-state index contributed by atoms with van der Waals surface area (Å²) in [5, 5.41) is 8.88. The largest absolute Gasteiger partial charge is 0.497 e. The van der Waals surface area contributed by atoms with Gasteiger partial charge < -0.3 is 14.7 Å². The molecule has 1 aromatic carbocycles. The van der Waals surface area contributed by atoms with Crippen LogP contribution in [0, 0.1) is 5.92 Å². The summed E-state index contributed by atoms with van der Waals surface area (Å²) in [6.45, 7) is -0.304. The lowest BCUT2D eigenvalue weighted by molar-refractivity contribution is -0.136. The predicted molar refractivity (Wildman–Crippen MR) is 65.7 cm³/mol. The van der Waals surface area contributed by atoms with E-state index in [1.165, 1.54) is 4.90 Å². The Balaban J connectivity index is 2.20. The minimum Gasteiger partial charge on any atom is -0.497 e. The maximum absolute atomic E-state index is 12.0. The molecular weight excluding hydrogens is 234 g/mol. The molecule has 1 fully saturated rings. The molecule has 1 saturated carbocycles. The summed E-state index contributed by atoms with van der Waals surface area (Å²) in [5.74, 6) is -0.457. The molecule has 1 aliphatic rings. The first-order chi connectivity index (χ1) is 8.61. The van der Waals surface area contributed by atoms with Crippen molar-refractivity contribution in [3.05, 3.63) is 24.3 Å². The van der Waals surface area contributed by atoms with Crippen LogP contribution in [0.15, 0.2) is 24.3 Å². The van der Waals surface area contributed by atoms with Crippen molar-refractivity contribution in [3.63, 3.8) is 0 Å². The number of aliphatic carboxylic acids is 1. The lowest BCUT2D eigenvalue weighted by atomic mass is 10.2. The van der Waals surface area contributed by atoms with Crippen molar-refractivity contribution in [2.24, 2.45) is 5.92 Å². The molecule has 5 heteroatoms. The van der Waals surface area contributed by atoms with Crippen molar-refractivity contribution in [1.29, 1.82) is 0 Å². The van der Waals surface area contributed by atoms with Crippen LogP contribution in [0.1, 0.15) is 12.8 Å². The number of methoxy groups -OCH3 is 1. The number of carbonyl (C=O) groups excluding carboxylic acids is 1. The van der Waals surface area contributed by atoms with Crippen molar-refractivity contribution in [1.82, 2.24) is 0 Å². The van der Waals surface area contributed by atoms with Crippen molar-refractivity contribution in [3.8, 4) is 5.75 Å². The summed E-state index contributed by atoms with van der Waals surface area (Å²) in [6, 6.07) is 6.82. The first-order valence-electron chi connectivity index (χ1n) is 5.79. The Kier molecular flexibility index (Phi) is 3.50. The Labute approximate surface area is 105 Å². The van der Waals surface area contributed by atoms with E-state index in [1.807, 2.05) is 0 Å². The standard InChI is InChI=1S/C13H15NO4/c1-18-11-6-4-10(5-7-11)14(8-12(15)16)13(17)9-2-3-9/h4-7,9H,2-3,8H2,1H3,(H,15,16). The van der Waals surface area contributed by atoms with Crippen LogP contribution in [0.5, 0.6) is 5.75 Å². The Hall–Kier alpha value is -2.04. The zero-order chi connectivity index (χ0) is 13.1. The maximum Gasteiger partial charge on any atom is 0.323 e. The number of benzene rings is 1. The van der Waals surface area contributed by atoms with Crippen molar-refractivity contribution >= 4 is 17.6 Å². The van der Waals surface area contributed by atoms with Crippen molar-refractivity contribution in [2.75, 3.05) is 18.6 Å². The molecule has 1 N–H and O–H groups in total. The van der Waals surface area contributed by atoms with E-state index in [0.717, 1.165) is 12.8 Å². The lowest BCUT2D eigenvalue weighted by Gasteiger charge is -2.21. The highest BCUT2D eigenvalue weighted by Crippen LogP contribution is 2.33. The quantitative estimate of drug-likeness (QED) is 0.859. The van der Waals surface area contributed by atoms with Gasteiger partial charge in [-0.25, -0.2) is 0 Å². The van der Waals surface area contributed by atoms with E-state index < -0.39 is 5.97 Å². The second-order valence-electron chi connectivity index (χ2n) is 4.29. The smallest absolute Gasteiger partial charge is 0.323 e. The monoisotopic (exact) mass is 249 g/mol. The van der Waals surface area contributed by atoms with Gasteiger partial charge in [0, 0.05) is 11.6 Å². The fraction of sp³-hybridized carbons (Fsp3) is 0.385. The van der Waals surface area contributed by atoms with Gasteiger partial charge in [0.2, 0.25) is 5.91 Å². The van der Waals surface area contributed by atoms with Gasteiger partial charge in [0.25, 0.3) is 0 Å². The van der Waals surface area contributed by atoms with E-state index in [1.54, 1.807) is 31.4 Å². The molecule has 96 valence electrons. The molecule has 0 radical (unpaired) electrons. The van der Waals surface area contributed by atoms with E-state index in [0.29, 0.717) is 11.4 Å². The summed E-state index contributed by atoms with van der Waals surface area (Å²) in [7, 11) is 1.55. The van der Waals surface area contributed by atoms with Crippen LogP contribution < -0.4 is 9.64 Å². The van der Waals surface area contributed by atoms with Crippen LogP contribution >= 0.6 is 0 Å². The third kappa shape index (κ3) is 2.80. The molecule has 1 aliphatic carbocycles. The second kappa shape index (κ2) is 5.08. The highest BCUT2D eigenvalue weighted by atomic mass is 16.5. The summed E-state index contributed by atoms with van der Waals surface area (Å²) >= 11 is 0. The van der Waals surface area contributed by atoms with Crippen LogP contribution in [0.4, 0.5) is 5.69 Å². The number of amides is 1. The number of nitrogens with zero attached hydrogens (tertiary/aromatic N) is 1. The SMILES string of the molecule is COc1ccc(N(CC(=O)O)C(=O)C2CC2)cc1. The summed E-state index contributed by atoms with van der Waals surface area (Å²) < 4.78 is 5.03. The van der Waals surface area contributed by atoms with Crippen LogP contribution in [0.2, 0.25) is 0 Å². The average Bonchev–Trinajstić information content (AvgIpc) is 3.19. The maximum atomic E-state index is 12.0. The van der Waals surface area contributed by atoms with E-state index in [2.05, 4.69) is 0 Å². The highest BCUT2D eigenvalue weighted by Gasteiger charge is 2.34. The number of carboxylic acid groups (broad SMARTS) is 1. The summed E-state index contributed by atoms with van der Waals surface area (Å²) in [5.41, 5.74) is 0.593. The van der Waals surface area contributed by atoms with Gasteiger partial charge in [0.05, 0.1) is 7.11 Å². The highest BCUT2D eigenvalue weighted by molar-refractivity contribution is 5.99. The summed E-state index contributed by atoms with van der Waals surface area (Å²) in [6.07, 6.45) is 1.70. The molecule has 0 heterocycles. The molecule has 0 saturated heterocycles.